The Bertz CT molecular complexity index is 543. The van der Waals surface area contributed by atoms with Crippen LogP contribution in [0.3, 0.4) is 0 Å². The maximum atomic E-state index is 11.9. The molecule has 0 spiro atoms. The largest absolute Gasteiger partial charge is 0.483 e. The van der Waals surface area contributed by atoms with Gasteiger partial charge in [0.15, 0.2) is 6.61 Å². The number of hydrogen-bond donors (Lipinski definition) is 2. The van der Waals surface area contributed by atoms with Crippen molar-refractivity contribution in [1.29, 1.82) is 0 Å². The van der Waals surface area contributed by atoms with Gasteiger partial charge in [-0.15, -0.1) is 0 Å². The molecule has 1 heterocycles. The van der Waals surface area contributed by atoms with Gasteiger partial charge in [-0.05, 0) is 31.0 Å². The topological polar surface area (TPSA) is 84.9 Å². The number of nitrogens with one attached hydrogen (secondary N) is 1. The minimum atomic E-state index is -0.965. The third-order valence-electron chi connectivity index (χ3n) is 3.66. The van der Waals surface area contributed by atoms with Gasteiger partial charge in [0.2, 0.25) is 0 Å². The molecule has 0 aliphatic carbocycles. The molecule has 2 atom stereocenters. The molecule has 2 N–H and O–H groups in total. The van der Waals surface area contributed by atoms with Crippen LogP contribution in [0.25, 0.3) is 0 Å². The summed E-state index contributed by atoms with van der Waals surface area (Å²) in [6, 6.07) is 5.13. The zero-order valence-electron chi connectivity index (χ0n) is 12.1. The zero-order valence-corrected chi connectivity index (χ0v) is 12.1. The van der Waals surface area contributed by atoms with E-state index in [9.17, 15) is 9.59 Å². The predicted octanol–water partition coefficient (Wildman–Crippen LogP) is 0.898. The van der Waals surface area contributed by atoms with E-state index in [1.165, 1.54) is 0 Å². The smallest absolute Gasteiger partial charge is 0.311 e. The van der Waals surface area contributed by atoms with Crippen LogP contribution in [0.1, 0.15) is 11.1 Å². The van der Waals surface area contributed by atoms with Crippen molar-refractivity contribution in [3.05, 3.63) is 29.3 Å². The van der Waals surface area contributed by atoms with Gasteiger partial charge in [-0.25, -0.2) is 0 Å². The Morgan fingerprint density at radius 3 is 2.86 bits per heavy atom. The lowest BCUT2D eigenvalue weighted by Gasteiger charge is -2.16. The third kappa shape index (κ3) is 3.72. The van der Waals surface area contributed by atoms with Gasteiger partial charge in [0, 0.05) is 0 Å². The Hall–Kier alpha value is -2.08. The second kappa shape index (κ2) is 6.58. The summed E-state index contributed by atoms with van der Waals surface area (Å²) < 4.78 is 10.6. The normalized spacial score (nSPS) is 21.0. The molecule has 0 radical (unpaired) electrons. The van der Waals surface area contributed by atoms with Crippen molar-refractivity contribution in [3.8, 4) is 5.75 Å². The Kier molecular flexibility index (Phi) is 4.80. The fourth-order valence-electron chi connectivity index (χ4n) is 2.21. The highest BCUT2D eigenvalue weighted by Crippen LogP contribution is 2.20. The first-order valence-corrected chi connectivity index (χ1v) is 6.78. The van der Waals surface area contributed by atoms with E-state index in [0.29, 0.717) is 5.75 Å². The summed E-state index contributed by atoms with van der Waals surface area (Å²) >= 11 is 0. The number of aliphatic carboxylic acids is 1. The lowest BCUT2D eigenvalue weighted by Crippen LogP contribution is -2.44. The Morgan fingerprint density at radius 1 is 1.38 bits per heavy atom. The van der Waals surface area contributed by atoms with Crippen molar-refractivity contribution in [2.45, 2.75) is 19.9 Å². The second-order valence-corrected chi connectivity index (χ2v) is 5.14. The van der Waals surface area contributed by atoms with Gasteiger partial charge >= 0.3 is 5.97 Å². The van der Waals surface area contributed by atoms with Crippen molar-refractivity contribution < 1.29 is 24.2 Å². The molecule has 0 aromatic heterocycles. The number of ether oxygens (including phenoxy) is 2. The lowest BCUT2D eigenvalue weighted by molar-refractivity contribution is -0.142. The molecule has 21 heavy (non-hydrogen) atoms. The summed E-state index contributed by atoms with van der Waals surface area (Å²) in [5, 5.41) is 11.7. The van der Waals surface area contributed by atoms with Crippen molar-refractivity contribution in [3.63, 3.8) is 0 Å². The van der Waals surface area contributed by atoms with E-state index in [2.05, 4.69) is 5.32 Å². The SMILES string of the molecule is Cc1cccc(OCC(=O)NC2COCC2C(=O)O)c1C. The monoisotopic (exact) mass is 293 g/mol. The molecule has 6 nitrogen and oxygen atoms in total. The van der Waals surface area contributed by atoms with Crippen LogP contribution in [0.5, 0.6) is 5.75 Å². The Labute approximate surface area is 123 Å². The van der Waals surface area contributed by atoms with Crippen LogP contribution in [-0.4, -0.2) is 42.8 Å². The molecule has 1 amide bonds. The Morgan fingerprint density at radius 2 is 2.14 bits per heavy atom. The first kappa shape index (κ1) is 15.3. The van der Waals surface area contributed by atoms with E-state index in [1.807, 2.05) is 26.0 Å². The van der Waals surface area contributed by atoms with Gasteiger partial charge in [-0.2, -0.15) is 0 Å². The van der Waals surface area contributed by atoms with E-state index in [-0.39, 0.29) is 25.7 Å². The molecule has 1 fully saturated rings. The molecule has 1 saturated heterocycles. The minimum absolute atomic E-state index is 0.123. The van der Waals surface area contributed by atoms with Crippen LogP contribution < -0.4 is 10.1 Å². The standard InChI is InChI=1S/C15H19NO5/c1-9-4-3-5-13(10(9)2)21-8-14(17)16-12-7-20-6-11(12)15(18)19/h3-5,11-12H,6-8H2,1-2H3,(H,16,17)(H,18,19). The zero-order chi connectivity index (χ0) is 15.4. The van der Waals surface area contributed by atoms with Crippen LogP contribution in [0.2, 0.25) is 0 Å². The summed E-state index contributed by atoms with van der Waals surface area (Å²) in [5.41, 5.74) is 2.07. The molecule has 6 heteroatoms. The molecule has 1 aliphatic rings. The number of hydrogen-bond acceptors (Lipinski definition) is 4. The second-order valence-electron chi connectivity index (χ2n) is 5.14. The minimum Gasteiger partial charge on any atom is -0.483 e. The van der Waals surface area contributed by atoms with Crippen LogP contribution in [-0.2, 0) is 14.3 Å². The summed E-state index contributed by atoms with van der Waals surface area (Å²) in [6.45, 7) is 4.08. The Balaban J connectivity index is 1.88. The van der Waals surface area contributed by atoms with Crippen molar-refractivity contribution in [1.82, 2.24) is 5.32 Å². The average Bonchev–Trinajstić information content (AvgIpc) is 2.88. The van der Waals surface area contributed by atoms with E-state index >= 15 is 0 Å². The number of carbonyl (C=O) groups excluding carboxylic acids is 1. The highest BCUT2D eigenvalue weighted by Gasteiger charge is 2.35. The summed E-state index contributed by atoms with van der Waals surface area (Å²) in [7, 11) is 0. The summed E-state index contributed by atoms with van der Waals surface area (Å²) in [4.78, 5) is 22.8. The van der Waals surface area contributed by atoms with Crippen LogP contribution in [0.4, 0.5) is 0 Å². The molecular formula is C15H19NO5. The van der Waals surface area contributed by atoms with Gasteiger partial charge in [0.1, 0.15) is 11.7 Å². The quantitative estimate of drug-likeness (QED) is 0.842. The molecule has 1 aliphatic heterocycles. The number of carbonyl (C=O) groups is 2. The first-order valence-electron chi connectivity index (χ1n) is 6.78. The van der Waals surface area contributed by atoms with E-state index < -0.39 is 17.9 Å². The van der Waals surface area contributed by atoms with E-state index in [0.717, 1.165) is 11.1 Å². The van der Waals surface area contributed by atoms with Crippen molar-refractivity contribution in [2.24, 2.45) is 5.92 Å². The maximum Gasteiger partial charge on any atom is 0.311 e. The number of aryl methyl sites for hydroxylation is 1. The molecule has 1 aromatic carbocycles. The molecule has 1 aromatic rings. The van der Waals surface area contributed by atoms with Crippen molar-refractivity contribution in [2.75, 3.05) is 19.8 Å². The molecule has 2 rings (SSSR count). The van der Waals surface area contributed by atoms with Crippen LogP contribution in [0.15, 0.2) is 18.2 Å². The summed E-state index contributed by atoms with van der Waals surface area (Å²) in [5.74, 6) is -1.36. The molecule has 114 valence electrons. The summed E-state index contributed by atoms with van der Waals surface area (Å²) in [6.07, 6.45) is 0. The van der Waals surface area contributed by atoms with E-state index in [1.54, 1.807) is 6.07 Å². The highest BCUT2D eigenvalue weighted by atomic mass is 16.5. The van der Waals surface area contributed by atoms with Gasteiger partial charge < -0.3 is 19.9 Å². The van der Waals surface area contributed by atoms with Gasteiger partial charge in [-0.1, -0.05) is 12.1 Å². The van der Waals surface area contributed by atoms with Crippen molar-refractivity contribution >= 4 is 11.9 Å². The van der Waals surface area contributed by atoms with E-state index in [4.69, 9.17) is 14.6 Å². The van der Waals surface area contributed by atoms with Crippen LogP contribution >= 0.6 is 0 Å². The van der Waals surface area contributed by atoms with Gasteiger partial charge in [-0.3, -0.25) is 9.59 Å². The maximum absolute atomic E-state index is 11.9. The molecule has 0 bridgehead atoms. The third-order valence-corrected chi connectivity index (χ3v) is 3.66. The number of carboxylic acid groups (broad SMARTS) is 1. The highest BCUT2D eigenvalue weighted by molar-refractivity contribution is 5.79. The number of amides is 1. The predicted molar refractivity (Wildman–Crippen MR) is 75.3 cm³/mol. The van der Waals surface area contributed by atoms with Gasteiger partial charge in [0.05, 0.1) is 19.3 Å². The number of carboxylic acids is 1. The average molecular weight is 293 g/mol. The first-order chi connectivity index (χ1) is 9.99. The molecular weight excluding hydrogens is 274 g/mol. The number of rotatable bonds is 5. The number of benzene rings is 1. The fraction of sp³-hybridized carbons (Fsp3) is 0.467. The van der Waals surface area contributed by atoms with Gasteiger partial charge in [0.25, 0.3) is 5.91 Å². The lowest BCUT2D eigenvalue weighted by atomic mass is 10.0. The molecule has 0 saturated carbocycles. The molecule has 2 unspecified atom stereocenters. The van der Waals surface area contributed by atoms with Crippen LogP contribution in [0, 0.1) is 19.8 Å². The fourth-order valence-corrected chi connectivity index (χ4v) is 2.21.